The van der Waals surface area contributed by atoms with Crippen molar-refractivity contribution in [2.45, 2.75) is 18.0 Å². The maximum absolute atomic E-state index is 14.8. The Kier molecular flexibility index (Phi) is 7.06. The van der Waals surface area contributed by atoms with E-state index in [1.54, 1.807) is 36.5 Å². The van der Waals surface area contributed by atoms with Crippen LogP contribution in [0.15, 0.2) is 70.2 Å². The molecule has 0 atom stereocenters. The van der Waals surface area contributed by atoms with Crippen LogP contribution in [0.1, 0.15) is 11.3 Å². The lowest BCUT2D eigenvalue weighted by atomic mass is 10.2. The van der Waals surface area contributed by atoms with Crippen LogP contribution in [0.4, 0.5) is 4.39 Å². The number of sulfonamides is 1. The Morgan fingerprint density at radius 1 is 1.00 bits per heavy atom. The highest BCUT2D eigenvalue weighted by Crippen LogP contribution is 2.34. The minimum atomic E-state index is -4.22. The number of nitrogens with zero attached hydrogens (tertiary/aromatic N) is 2. The molecule has 9 heteroatoms. The minimum absolute atomic E-state index is 0.0208. The van der Waals surface area contributed by atoms with Gasteiger partial charge in [-0.25, -0.2) is 12.8 Å². The summed E-state index contributed by atoms with van der Waals surface area (Å²) in [5, 5.41) is 0. The van der Waals surface area contributed by atoms with Gasteiger partial charge in [0.15, 0.2) is 11.5 Å². The van der Waals surface area contributed by atoms with Crippen molar-refractivity contribution in [1.29, 1.82) is 0 Å². The molecule has 1 heterocycles. The minimum Gasteiger partial charge on any atom is -0.493 e. The van der Waals surface area contributed by atoms with Crippen LogP contribution in [0.3, 0.4) is 0 Å². The summed E-state index contributed by atoms with van der Waals surface area (Å²) in [5.41, 5.74) is 1.29. The molecule has 0 aliphatic heterocycles. The second kappa shape index (κ2) is 9.55. The summed E-state index contributed by atoms with van der Waals surface area (Å²) in [6.45, 7) is 0.0208. The third kappa shape index (κ3) is 4.97. The van der Waals surface area contributed by atoms with Gasteiger partial charge in [-0.05, 0) is 29.8 Å². The predicted octanol–water partition coefficient (Wildman–Crippen LogP) is 4.39. The van der Waals surface area contributed by atoms with Crippen molar-refractivity contribution in [3.63, 3.8) is 0 Å². The maximum Gasteiger partial charge on any atom is 0.246 e. The molecule has 2 aromatic carbocycles. The second-order valence-electron chi connectivity index (χ2n) is 6.36. The van der Waals surface area contributed by atoms with Crippen molar-refractivity contribution in [2.75, 3.05) is 14.2 Å². The highest BCUT2D eigenvalue weighted by atomic mass is 79.9. The fourth-order valence-corrected chi connectivity index (χ4v) is 4.59. The highest BCUT2D eigenvalue weighted by molar-refractivity contribution is 9.10. The van der Waals surface area contributed by atoms with Gasteiger partial charge in [0.05, 0.1) is 26.5 Å². The molecule has 30 heavy (non-hydrogen) atoms. The zero-order valence-corrected chi connectivity index (χ0v) is 18.8. The number of aromatic nitrogens is 1. The maximum atomic E-state index is 14.8. The molecule has 0 bridgehead atoms. The van der Waals surface area contributed by atoms with Gasteiger partial charge in [-0.15, -0.1) is 0 Å². The van der Waals surface area contributed by atoms with Gasteiger partial charge in [-0.1, -0.05) is 34.1 Å². The molecule has 0 fully saturated rings. The summed E-state index contributed by atoms with van der Waals surface area (Å²) in [6, 6.07) is 14.6. The first-order chi connectivity index (χ1) is 14.3. The Bertz CT molecular complexity index is 1110. The van der Waals surface area contributed by atoms with Gasteiger partial charge < -0.3 is 9.47 Å². The van der Waals surface area contributed by atoms with Crippen LogP contribution in [-0.4, -0.2) is 31.9 Å². The number of halogens is 2. The van der Waals surface area contributed by atoms with E-state index in [4.69, 9.17) is 9.47 Å². The molecule has 0 aliphatic rings. The van der Waals surface area contributed by atoms with E-state index in [1.165, 1.54) is 18.5 Å². The Balaban J connectivity index is 2.05. The van der Waals surface area contributed by atoms with Gasteiger partial charge in [0.1, 0.15) is 10.7 Å². The standard InChI is InChI=1S/C21H20BrFN2O4S/c1-28-19-11-18(23)21(12-20(19)29-2)30(26,27)25(14-17-5-3-4-10-24-17)13-15-6-8-16(22)9-7-15/h3-12H,13-14H2,1-2H3. The number of hydrogen-bond donors (Lipinski definition) is 0. The smallest absolute Gasteiger partial charge is 0.246 e. The van der Waals surface area contributed by atoms with E-state index in [0.29, 0.717) is 5.69 Å². The Hall–Kier alpha value is -2.49. The van der Waals surface area contributed by atoms with Gasteiger partial charge in [-0.2, -0.15) is 4.31 Å². The number of methoxy groups -OCH3 is 2. The van der Waals surface area contributed by atoms with E-state index in [1.807, 2.05) is 12.1 Å². The first-order valence-electron chi connectivity index (χ1n) is 8.91. The molecule has 3 aromatic rings. The summed E-state index contributed by atoms with van der Waals surface area (Å²) in [5.74, 6) is -0.688. The molecule has 158 valence electrons. The average Bonchev–Trinajstić information content (AvgIpc) is 2.75. The number of ether oxygens (including phenoxy) is 2. The van der Waals surface area contributed by atoms with E-state index in [9.17, 15) is 12.8 Å². The van der Waals surface area contributed by atoms with Crippen LogP contribution in [0, 0.1) is 5.82 Å². The molecule has 0 unspecified atom stereocenters. The first-order valence-corrected chi connectivity index (χ1v) is 11.1. The highest BCUT2D eigenvalue weighted by Gasteiger charge is 2.30. The monoisotopic (exact) mass is 494 g/mol. The zero-order valence-electron chi connectivity index (χ0n) is 16.4. The third-order valence-electron chi connectivity index (χ3n) is 4.39. The Morgan fingerprint density at radius 2 is 1.67 bits per heavy atom. The third-order valence-corrected chi connectivity index (χ3v) is 6.73. The molecule has 0 N–H and O–H groups in total. The molecular weight excluding hydrogens is 475 g/mol. The summed E-state index contributed by atoms with van der Waals surface area (Å²) in [6.07, 6.45) is 1.58. The van der Waals surface area contributed by atoms with Crippen LogP contribution in [0.2, 0.25) is 0 Å². The van der Waals surface area contributed by atoms with E-state index < -0.39 is 20.7 Å². The quantitative estimate of drug-likeness (QED) is 0.464. The average molecular weight is 495 g/mol. The van der Waals surface area contributed by atoms with E-state index >= 15 is 0 Å². The number of pyridine rings is 1. The lowest BCUT2D eigenvalue weighted by molar-refractivity contribution is 0.348. The van der Waals surface area contributed by atoms with Crippen LogP contribution in [0.25, 0.3) is 0 Å². The molecule has 0 saturated heterocycles. The molecule has 3 rings (SSSR count). The van der Waals surface area contributed by atoms with Gasteiger partial charge >= 0.3 is 0 Å². The Morgan fingerprint density at radius 3 is 2.27 bits per heavy atom. The zero-order chi connectivity index (χ0) is 21.7. The molecule has 1 aromatic heterocycles. The first kappa shape index (κ1) is 22.2. The fraction of sp³-hybridized carbons (Fsp3) is 0.190. The van der Waals surface area contributed by atoms with Crippen LogP contribution < -0.4 is 9.47 Å². The van der Waals surface area contributed by atoms with E-state index in [-0.39, 0.29) is 24.6 Å². The summed E-state index contributed by atoms with van der Waals surface area (Å²) < 4.78 is 54.0. The molecule has 0 radical (unpaired) electrons. The van der Waals surface area contributed by atoms with Crippen molar-refractivity contribution in [2.24, 2.45) is 0 Å². The van der Waals surface area contributed by atoms with Crippen LogP contribution in [-0.2, 0) is 23.1 Å². The van der Waals surface area contributed by atoms with Gasteiger partial charge in [0.25, 0.3) is 0 Å². The summed E-state index contributed by atoms with van der Waals surface area (Å²) >= 11 is 3.36. The summed E-state index contributed by atoms with van der Waals surface area (Å²) in [7, 11) is -1.51. The summed E-state index contributed by atoms with van der Waals surface area (Å²) in [4.78, 5) is 3.72. The molecular formula is C21H20BrFN2O4S. The van der Waals surface area contributed by atoms with Gasteiger partial charge in [0, 0.05) is 29.3 Å². The second-order valence-corrected chi connectivity index (χ2v) is 9.18. The lowest BCUT2D eigenvalue weighted by Gasteiger charge is -2.23. The molecule has 0 amide bonds. The van der Waals surface area contributed by atoms with Crippen molar-refractivity contribution in [3.05, 3.63) is 82.3 Å². The number of benzene rings is 2. The topological polar surface area (TPSA) is 68.7 Å². The largest absolute Gasteiger partial charge is 0.493 e. The van der Waals surface area contributed by atoms with Gasteiger partial charge in [0.2, 0.25) is 10.0 Å². The molecule has 0 saturated carbocycles. The normalized spacial score (nSPS) is 11.5. The SMILES string of the molecule is COc1cc(F)c(S(=O)(=O)N(Cc2ccc(Br)cc2)Cc2ccccn2)cc1OC. The van der Waals surface area contributed by atoms with E-state index in [0.717, 1.165) is 22.2 Å². The lowest BCUT2D eigenvalue weighted by Crippen LogP contribution is -2.31. The fourth-order valence-electron chi connectivity index (χ4n) is 2.86. The van der Waals surface area contributed by atoms with Crippen LogP contribution in [0.5, 0.6) is 11.5 Å². The molecule has 0 spiro atoms. The van der Waals surface area contributed by atoms with Crippen molar-refractivity contribution in [3.8, 4) is 11.5 Å². The van der Waals surface area contributed by atoms with Crippen molar-refractivity contribution in [1.82, 2.24) is 9.29 Å². The van der Waals surface area contributed by atoms with Crippen molar-refractivity contribution >= 4 is 26.0 Å². The van der Waals surface area contributed by atoms with Crippen LogP contribution >= 0.6 is 15.9 Å². The Labute approximate surface area is 183 Å². The number of hydrogen-bond acceptors (Lipinski definition) is 5. The van der Waals surface area contributed by atoms with E-state index in [2.05, 4.69) is 20.9 Å². The van der Waals surface area contributed by atoms with Gasteiger partial charge in [-0.3, -0.25) is 4.98 Å². The molecule has 6 nitrogen and oxygen atoms in total. The predicted molar refractivity (Wildman–Crippen MR) is 114 cm³/mol. The number of rotatable bonds is 8. The molecule has 0 aliphatic carbocycles. The van der Waals surface area contributed by atoms with Crippen molar-refractivity contribution < 1.29 is 22.3 Å².